The van der Waals surface area contributed by atoms with Crippen molar-refractivity contribution in [3.63, 3.8) is 0 Å². The lowest BCUT2D eigenvalue weighted by atomic mass is 10.0. The van der Waals surface area contributed by atoms with Crippen molar-refractivity contribution in [2.24, 2.45) is 0 Å². The number of methoxy groups -OCH3 is 2. The number of carbonyl (C=O) groups excluding carboxylic acids is 1. The highest BCUT2D eigenvalue weighted by Crippen LogP contribution is 2.29. The monoisotopic (exact) mass is 417 g/mol. The molecule has 0 radical (unpaired) electrons. The van der Waals surface area contributed by atoms with E-state index in [1.807, 2.05) is 0 Å². The van der Waals surface area contributed by atoms with E-state index in [1.54, 1.807) is 56.3 Å². The molecule has 0 saturated carbocycles. The van der Waals surface area contributed by atoms with Gasteiger partial charge < -0.3 is 24.1 Å². The highest BCUT2D eigenvalue weighted by atomic mass is 16.5. The molecular weight excluding hydrogens is 390 g/mol. The van der Waals surface area contributed by atoms with Crippen LogP contribution in [0.15, 0.2) is 42.5 Å². The van der Waals surface area contributed by atoms with E-state index in [0.29, 0.717) is 22.7 Å². The number of rotatable bonds is 10. The van der Waals surface area contributed by atoms with Gasteiger partial charge >= 0.3 is 12.1 Å². The molecule has 2 rings (SSSR count). The second-order valence-corrected chi connectivity index (χ2v) is 6.76. The molecule has 0 spiro atoms. The highest BCUT2D eigenvalue weighted by molar-refractivity contribution is 5.85. The molecule has 0 aliphatic rings. The van der Waals surface area contributed by atoms with Gasteiger partial charge in [-0.3, -0.25) is 5.32 Å². The van der Waals surface area contributed by atoms with Crippen LogP contribution in [0.2, 0.25) is 0 Å². The lowest BCUT2D eigenvalue weighted by Gasteiger charge is -2.18. The number of hydrogen-bond acceptors (Lipinski definition) is 6. The van der Waals surface area contributed by atoms with Crippen molar-refractivity contribution in [2.75, 3.05) is 19.5 Å². The Labute approximate surface area is 175 Å². The standard InChI is InChI=1S/C22H27NO7/c1-14(2)30-20(21(24)25)11-15-7-5-6-8-16(15)13-29-22(26)23-17-9-10-18(27-3)19(12-17)28-4/h5-10,12,14,20H,11,13H2,1-4H3,(H,23,26)(H,24,25). The first kappa shape index (κ1) is 23.0. The fourth-order valence-electron chi connectivity index (χ4n) is 2.83. The first-order valence-electron chi connectivity index (χ1n) is 9.44. The maximum absolute atomic E-state index is 12.2. The van der Waals surface area contributed by atoms with Gasteiger partial charge in [-0.1, -0.05) is 24.3 Å². The van der Waals surface area contributed by atoms with Gasteiger partial charge in [0.05, 0.1) is 20.3 Å². The van der Waals surface area contributed by atoms with Crippen molar-refractivity contribution < 1.29 is 33.6 Å². The Hall–Kier alpha value is -3.26. The summed E-state index contributed by atoms with van der Waals surface area (Å²) in [5, 5.41) is 12.0. The number of benzene rings is 2. The number of anilines is 1. The summed E-state index contributed by atoms with van der Waals surface area (Å²) in [5.74, 6) is -0.0157. The number of hydrogen-bond donors (Lipinski definition) is 2. The van der Waals surface area contributed by atoms with Crippen molar-refractivity contribution in [1.82, 2.24) is 0 Å². The van der Waals surface area contributed by atoms with Crippen LogP contribution in [0.1, 0.15) is 25.0 Å². The predicted octanol–water partition coefficient (Wildman–Crippen LogP) is 3.87. The number of amides is 1. The van der Waals surface area contributed by atoms with E-state index in [0.717, 1.165) is 5.56 Å². The first-order chi connectivity index (χ1) is 14.3. The van der Waals surface area contributed by atoms with Gasteiger partial charge in [0, 0.05) is 18.2 Å². The van der Waals surface area contributed by atoms with Gasteiger partial charge in [0.1, 0.15) is 6.61 Å². The molecule has 8 heteroatoms. The van der Waals surface area contributed by atoms with Crippen LogP contribution in [0.3, 0.4) is 0 Å². The molecule has 0 bridgehead atoms. The molecule has 0 aliphatic carbocycles. The Morgan fingerprint density at radius 2 is 1.67 bits per heavy atom. The molecule has 1 amide bonds. The van der Waals surface area contributed by atoms with E-state index in [4.69, 9.17) is 18.9 Å². The number of ether oxygens (including phenoxy) is 4. The maximum Gasteiger partial charge on any atom is 0.411 e. The quantitative estimate of drug-likeness (QED) is 0.605. The molecule has 2 aromatic carbocycles. The van der Waals surface area contributed by atoms with Crippen molar-refractivity contribution in [3.05, 3.63) is 53.6 Å². The minimum atomic E-state index is -1.04. The van der Waals surface area contributed by atoms with Crippen LogP contribution >= 0.6 is 0 Å². The van der Waals surface area contributed by atoms with Crippen LogP contribution in [0.5, 0.6) is 11.5 Å². The summed E-state index contributed by atoms with van der Waals surface area (Å²) in [7, 11) is 3.03. The topological polar surface area (TPSA) is 103 Å². The number of carboxylic acids is 1. The lowest BCUT2D eigenvalue weighted by molar-refractivity contribution is -0.153. The number of aliphatic carboxylic acids is 1. The number of carbonyl (C=O) groups is 2. The van der Waals surface area contributed by atoms with Crippen LogP contribution < -0.4 is 14.8 Å². The maximum atomic E-state index is 12.2. The average Bonchev–Trinajstić information content (AvgIpc) is 2.72. The van der Waals surface area contributed by atoms with E-state index in [2.05, 4.69) is 5.32 Å². The molecule has 0 saturated heterocycles. The van der Waals surface area contributed by atoms with Gasteiger partial charge in [-0.2, -0.15) is 0 Å². The third-order valence-electron chi connectivity index (χ3n) is 4.22. The normalized spacial score (nSPS) is 11.6. The summed E-state index contributed by atoms with van der Waals surface area (Å²) >= 11 is 0. The summed E-state index contributed by atoms with van der Waals surface area (Å²) in [6.45, 7) is 3.55. The zero-order chi connectivity index (χ0) is 22.1. The van der Waals surface area contributed by atoms with Crippen molar-refractivity contribution in [3.8, 4) is 11.5 Å². The molecular formula is C22H27NO7. The summed E-state index contributed by atoms with van der Waals surface area (Å²) in [6, 6.07) is 12.1. The largest absolute Gasteiger partial charge is 0.493 e. The molecule has 162 valence electrons. The van der Waals surface area contributed by atoms with E-state index in [9.17, 15) is 14.7 Å². The fraction of sp³-hybridized carbons (Fsp3) is 0.364. The van der Waals surface area contributed by atoms with Gasteiger partial charge in [0.15, 0.2) is 17.6 Å². The SMILES string of the molecule is COc1ccc(NC(=O)OCc2ccccc2CC(OC(C)C)C(=O)O)cc1OC. The van der Waals surface area contributed by atoms with Gasteiger partial charge in [-0.15, -0.1) is 0 Å². The molecule has 1 atom stereocenters. The van der Waals surface area contributed by atoms with E-state index in [1.165, 1.54) is 14.2 Å². The Morgan fingerprint density at radius 3 is 2.27 bits per heavy atom. The molecule has 30 heavy (non-hydrogen) atoms. The van der Waals surface area contributed by atoms with Crippen LogP contribution in [0.4, 0.5) is 10.5 Å². The van der Waals surface area contributed by atoms with Crippen LogP contribution in [-0.4, -0.2) is 43.6 Å². The Kier molecular flexibility index (Phi) is 8.49. The third kappa shape index (κ3) is 6.66. The molecule has 8 nitrogen and oxygen atoms in total. The average molecular weight is 417 g/mol. The minimum absolute atomic E-state index is 0.0106. The first-order valence-corrected chi connectivity index (χ1v) is 9.44. The van der Waals surface area contributed by atoms with Crippen LogP contribution in [-0.2, 0) is 27.3 Å². The molecule has 0 aromatic heterocycles. The molecule has 2 N–H and O–H groups in total. The predicted molar refractivity (Wildman–Crippen MR) is 111 cm³/mol. The van der Waals surface area contributed by atoms with Crippen molar-refractivity contribution in [1.29, 1.82) is 0 Å². The lowest BCUT2D eigenvalue weighted by Crippen LogP contribution is -2.29. The van der Waals surface area contributed by atoms with Gasteiger partial charge in [-0.25, -0.2) is 9.59 Å². The van der Waals surface area contributed by atoms with E-state index in [-0.39, 0.29) is 19.1 Å². The summed E-state index contributed by atoms with van der Waals surface area (Å²) in [4.78, 5) is 23.7. The van der Waals surface area contributed by atoms with Crippen molar-refractivity contribution >= 4 is 17.7 Å². The van der Waals surface area contributed by atoms with Crippen LogP contribution in [0, 0.1) is 0 Å². The molecule has 0 heterocycles. The van der Waals surface area contributed by atoms with Gasteiger partial charge in [0.2, 0.25) is 0 Å². The van der Waals surface area contributed by atoms with Crippen LogP contribution in [0.25, 0.3) is 0 Å². The van der Waals surface area contributed by atoms with Crippen molar-refractivity contribution in [2.45, 2.75) is 39.1 Å². The Bertz CT molecular complexity index is 866. The zero-order valence-corrected chi connectivity index (χ0v) is 17.5. The van der Waals surface area contributed by atoms with E-state index >= 15 is 0 Å². The van der Waals surface area contributed by atoms with E-state index < -0.39 is 18.2 Å². The summed E-state index contributed by atoms with van der Waals surface area (Å²) in [6.07, 6.45) is -1.68. The smallest absolute Gasteiger partial charge is 0.411 e. The molecule has 0 fully saturated rings. The summed E-state index contributed by atoms with van der Waals surface area (Å²) in [5.41, 5.74) is 1.94. The summed E-state index contributed by atoms with van der Waals surface area (Å²) < 4.78 is 21.2. The fourth-order valence-corrected chi connectivity index (χ4v) is 2.83. The Morgan fingerprint density at radius 1 is 1.00 bits per heavy atom. The highest BCUT2D eigenvalue weighted by Gasteiger charge is 2.21. The van der Waals surface area contributed by atoms with Gasteiger partial charge in [-0.05, 0) is 37.1 Å². The number of nitrogens with one attached hydrogen (secondary N) is 1. The van der Waals surface area contributed by atoms with Gasteiger partial charge in [0.25, 0.3) is 0 Å². The third-order valence-corrected chi connectivity index (χ3v) is 4.22. The Balaban J connectivity index is 2.02. The molecule has 2 aromatic rings. The zero-order valence-electron chi connectivity index (χ0n) is 17.5. The second-order valence-electron chi connectivity index (χ2n) is 6.76. The number of carboxylic acid groups (broad SMARTS) is 1. The molecule has 1 unspecified atom stereocenters. The minimum Gasteiger partial charge on any atom is -0.493 e. The second kappa shape index (κ2) is 11.1. The molecule has 0 aliphatic heterocycles.